The van der Waals surface area contributed by atoms with E-state index in [0.29, 0.717) is 33.5 Å². The van der Waals surface area contributed by atoms with Crippen molar-refractivity contribution in [1.29, 1.82) is 0 Å². The Kier molecular flexibility index (Phi) is 7.22. The van der Waals surface area contributed by atoms with Crippen LogP contribution in [0.3, 0.4) is 0 Å². The van der Waals surface area contributed by atoms with E-state index in [4.69, 9.17) is 27.9 Å². The monoisotopic (exact) mass is 402 g/mol. The minimum atomic E-state index is 0.344. The van der Waals surface area contributed by atoms with Crippen LogP contribution in [0.25, 0.3) is 11.3 Å². The van der Waals surface area contributed by atoms with Crippen LogP contribution in [0.5, 0.6) is 5.75 Å². The number of halogens is 2. The minimum absolute atomic E-state index is 0.344. The molecule has 0 radical (unpaired) electrons. The summed E-state index contributed by atoms with van der Waals surface area (Å²) in [5.41, 5.74) is 3.48. The van der Waals surface area contributed by atoms with E-state index >= 15 is 0 Å². The molecule has 0 fully saturated rings. The highest BCUT2D eigenvalue weighted by Crippen LogP contribution is 2.31. The molecular formula is C21H20Cl2N2O2. The van der Waals surface area contributed by atoms with Crippen molar-refractivity contribution >= 4 is 46.5 Å². The van der Waals surface area contributed by atoms with Gasteiger partial charge in [0, 0.05) is 17.6 Å². The molecule has 0 bridgehead atoms. The van der Waals surface area contributed by atoms with E-state index in [1.54, 1.807) is 44.3 Å². The van der Waals surface area contributed by atoms with Crippen LogP contribution in [0.15, 0.2) is 60.2 Å². The van der Waals surface area contributed by atoms with Gasteiger partial charge >= 0.3 is 0 Å². The number of aldehydes is 1. The number of rotatable bonds is 7. The summed E-state index contributed by atoms with van der Waals surface area (Å²) in [5, 5.41) is 6.98. The fourth-order valence-electron chi connectivity index (χ4n) is 2.44. The molecule has 6 heteroatoms. The number of hydrogen-bond acceptors (Lipinski definition) is 4. The number of ether oxygens (including phenoxy) is 1. The Morgan fingerprint density at radius 1 is 1.19 bits per heavy atom. The van der Waals surface area contributed by atoms with Gasteiger partial charge in [0.25, 0.3) is 0 Å². The molecule has 27 heavy (non-hydrogen) atoms. The van der Waals surface area contributed by atoms with Gasteiger partial charge in [-0.1, -0.05) is 41.9 Å². The predicted molar refractivity (Wildman–Crippen MR) is 113 cm³/mol. The normalized spacial score (nSPS) is 11.9. The zero-order valence-corrected chi connectivity index (χ0v) is 16.9. The number of allylic oxidation sites excluding steroid dienone is 2. The molecule has 140 valence electrons. The summed E-state index contributed by atoms with van der Waals surface area (Å²) >= 11 is 12.4. The van der Waals surface area contributed by atoms with Crippen molar-refractivity contribution in [3.63, 3.8) is 0 Å². The summed E-state index contributed by atoms with van der Waals surface area (Å²) < 4.78 is 5.21. The number of benzene rings is 2. The van der Waals surface area contributed by atoms with Gasteiger partial charge < -0.3 is 4.74 Å². The fourth-order valence-corrected chi connectivity index (χ4v) is 2.89. The zero-order chi connectivity index (χ0) is 20.0. The van der Waals surface area contributed by atoms with Crippen LogP contribution < -0.4 is 4.74 Å². The van der Waals surface area contributed by atoms with Gasteiger partial charge in [0.1, 0.15) is 5.75 Å². The molecule has 0 aliphatic carbocycles. The van der Waals surface area contributed by atoms with E-state index in [-0.39, 0.29) is 0 Å². The SMILES string of the molecule is C=C(/C=C(/c1ccc(OC)c(Cl)c1)N(C)/N=C(\C)C=O)c1cccc(Cl)c1. The van der Waals surface area contributed by atoms with Crippen LogP contribution >= 0.6 is 23.2 Å². The van der Waals surface area contributed by atoms with Crippen LogP contribution in [-0.2, 0) is 4.79 Å². The van der Waals surface area contributed by atoms with Crippen LogP contribution in [0, 0.1) is 0 Å². The smallest absolute Gasteiger partial charge is 0.165 e. The van der Waals surface area contributed by atoms with Crippen molar-refractivity contribution in [2.24, 2.45) is 5.10 Å². The van der Waals surface area contributed by atoms with Crippen molar-refractivity contribution in [3.8, 4) is 5.75 Å². The van der Waals surface area contributed by atoms with Crippen LogP contribution in [0.1, 0.15) is 18.1 Å². The van der Waals surface area contributed by atoms with E-state index in [0.717, 1.165) is 16.7 Å². The average Bonchev–Trinajstić information content (AvgIpc) is 2.65. The Morgan fingerprint density at radius 3 is 2.52 bits per heavy atom. The molecule has 0 amide bonds. The standard InChI is InChI=1S/C21H20Cl2N2O2/c1-14(16-6-5-7-18(22)11-16)10-20(25(3)24-15(2)13-26)17-8-9-21(27-4)19(23)12-17/h5-13H,1H2,2-4H3/b20-10-,24-15+. The number of methoxy groups -OCH3 is 1. The lowest BCUT2D eigenvalue weighted by molar-refractivity contribution is -0.102. The molecule has 2 aromatic rings. The van der Waals surface area contributed by atoms with E-state index in [1.807, 2.05) is 30.3 Å². The maximum atomic E-state index is 11.0. The predicted octanol–water partition coefficient (Wildman–Crippen LogP) is 5.56. The molecule has 2 aromatic carbocycles. The van der Waals surface area contributed by atoms with Gasteiger partial charge in [-0.05, 0) is 54.5 Å². The van der Waals surface area contributed by atoms with E-state index in [9.17, 15) is 4.79 Å². The maximum absolute atomic E-state index is 11.0. The summed E-state index contributed by atoms with van der Waals surface area (Å²) in [6.45, 7) is 5.76. The van der Waals surface area contributed by atoms with Crippen molar-refractivity contribution in [1.82, 2.24) is 5.01 Å². The first-order chi connectivity index (χ1) is 12.8. The van der Waals surface area contributed by atoms with Crippen molar-refractivity contribution in [2.75, 3.05) is 14.2 Å². The minimum Gasteiger partial charge on any atom is -0.495 e. The lowest BCUT2D eigenvalue weighted by Crippen LogP contribution is -2.13. The summed E-state index contributed by atoms with van der Waals surface area (Å²) in [7, 11) is 3.31. The van der Waals surface area contributed by atoms with Crippen LogP contribution in [-0.4, -0.2) is 31.2 Å². The average molecular weight is 403 g/mol. The van der Waals surface area contributed by atoms with Crippen LogP contribution in [0.4, 0.5) is 0 Å². The summed E-state index contributed by atoms with van der Waals surface area (Å²) in [4.78, 5) is 11.0. The lowest BCUT2D eigenvalue weighted by Gasteiger charge is -2.19. The molecule has 0 heterocycles. The van der Waals surface area contributed by atoms with Gasteiger partial charge in [-0.2, -0.15) is 5.10 Å². The second-order valence-electron chi connectivity index (χ2n) is 5.80. The third-order valence-corrected chi connectivity index (χ3v) is 4.31. The molecule has 0 saturated carbocycles. The van der Waals surface area contributed by atoms with Crippen molar-refractivity contribution in [3.05, 3.63) is 76.3 Å². The molecule has 0 aliphatic heterocycles. The third-order valence-electron chi connectivity index (χ3n) is 3.78. The topological polar surface area (TPSA) is 41.9 Å². The molecule has 0 N–H and O–H groups in total. The number of carbonyl (C=O) groups is 1. The second kappa shape index (κ2) is 9.40. The van der Waals surface area contributed by atoms with Gasteiger partial charge in [0.05, 0.1) is 23.5 Å². The van der Waals surface area contributed by atoms with Crippen molar-refractivity contribution < 1.29 is 9.53 Å². The molecular weight excluding hydrogens is 383 g/mol. The van der Waals surface area contributed by atoms with Gasteiger partial charge in [-0.15, -0.1) is 0 Å². The largest absolute Gasteiger partial charge is 0.495 e. The first kappa shape index (κ1) is 20.7. The molecule has 2 rings (SSSR count). The molecule has 0 aromatic heterocycles. The fraction of sp³-hybridized carbons (Fsp3) is 0.143. The van der Waals surface area contributed by atoms with E-state index < -0.39 is 0 Å². The highest BCUT2D eigenvalue weighted by molar-refractivity contribution is 6.32. The Balaban J connectivity index is 2.53. The van der Waals surface area contributed by atoms with Gasteiger partial charge in [0.15, 0.2) is 6.29 Å². The summed E-state index contributed by atoms with van der Waals surface area (Å²) in [6.07, 6.45) is 2.56. The van der Waals surface area contributed by atoms with E-state index in [1.165, 1.54) is 0 Å². The summed E-state index contributed by atoms with van der Waals surface area (Å²) in [6, 6.07) is 12.8. The van der Waals surface area contributed by atoms with Crippen molar-refractivity contribution in [2.45, 2.75) is 6.92 Å². The number of hydrazone groups is 1. The van der Waals surface area contributed by atoms with Gasteiger partial charge in [0.2, 0.25) is 0 Å². The van der Waals surface area contributed by atoms with Gasteiger partial charge in [-0.25, -0.2) is 0 Å². The number of hydrogen-bond donors (Lipinski definition) is 0. The van der Waals surface area contributed by atoms with Gasteiger partial charge in [-0.3, -0.25) is 9.80 Å². The van der Waals surface area contributed by atoms with Crippen LogP contribution in [0.2, 0.25) is 10.0 Å². The molecule has 0 unspecified atom stereocenters. The number of carbonyl (C=O) groups excluding carboxylic acids is 1. The van der Waals surface area contributed by atoms with E-state index in [2.05, 4.69) is 11.7 Å². The Morgan fingerprint density at radius 2 is 1.93 bits per heavy atom. The first-order valence-electron chi connectivity index (χ1n) is 8.10. The molecule has 0 atom stereocenters. The second-order valence-corrected chi connectivity index (χ2v) is 6.64. The highest BCUT2D eigenvalue weighted by atomic mass is 35.5. The Labute approximate surface area is 169 Å². The molecule has 0 spiro atoms. The molecule has 0 aliphatic rings. The quantitative estimate of drug-likeness (QED) is 0.263. The summed E-state index contributed by atoms with van der Waals surface area (Å²) in [5.74, 6) is 0.573. The lowest BCUT2D eigenvalue weighted by atomic mass is 10.0. The maximum Gasteiger partial charge on any atom is 0.165 e. The highest BCUT2D eigenvalue weighted by Gasteiger charge is 2.12. The molecule has 4 nitrogen and oxygen atoms in total. The number of nitrogens with zero attached hydrogens (tertiary/aromatic N) is 2. The zero-order valence-electron chi connectivity index (χ0n) is 15.4. The first-order valence-corrected chi connectivity index (χ1v) is 8.86. The third kappa shape index (κ3) is 5.46. The molecule has 0 saturated heterocycles. The Hall–Kier alpha value is -2.56. The Bertz CT molecular complexity index is 920.